The summed E-state index contributed by atoms with van der Waals surface area (Å²) in [6, 6.07) is 6.67. The summed E-state index contributed by atoms with van der Waals surface area (Å²) in [6.07, 6.45) is -0.806. The van der Waals surface area contributed by atoms with Crippen LogP contribution < -0.4 is 5.43 Å². The average molecular weight is 466 g/mol. The smallest absolute Gasteiger partial charge is 0.416 e. The molecule has 1 aromatic heterocycles. The van der Waals surface area contributed by atoms with E-state index in [0.29, 0.717) is 44.2 Å². The van der Waals surface area contributed by atoms with E-state index in [0.717, 1.165) is 56.7 Å². The highest BCUT2D eigenvalue weighted by Crippen LogP contribution is 2.29. The maximum Gasteiger partial charge on any atom is 0.416 e. The Balaban J connectivity index is 1.31. The molecule has 1 N–H and O–H groups in total. The van der Waals surface area contributed by atoms with Crippen LogP contribution in [0.5, 0.6) is 5.75 Å². The number of likely N-dealkylation sites (tertiary alicyclic amines) is 1. The van der Waals surface area contributed by atoms with Gasteiger partial charge in [0.15, 0.2) is 5.76 Å². The number of hydrogen-bond donors (Lipinski definition) is 1. The summed E-state index contributed by atoms with van der Waals surface area (Å²) < 4.78 is 44.1. The van der Waals surface area contributed by atoms with Gasteiger partial charge in [-0.25, -0.2) is 0 Å². The molecule has 2 aliphatic rings. The number of nitrogens with zero attached hydrogens (tertiary/aromatic N) is 3. The molecule has 33 heavy (non-hydrogen) atoms. The lowest BCUT2D eigenvalue weighted by molar-refractivity contribution is -0.137. The molecule has 0 radical (unpaired) electrons. The number of piperazine rings is 1. The molecule has 0 amide bonds. The molecule has 4 rings (SSSR count). The monoisotopic (exact) mass is 465 g/mol. The molecule has 2 fully saturated rings. The van der Waals surface area contributed by atoms with E-state index in [4.69, 9.17) is 4.42 Å². The molecule has 0 aliphatic carbocycles. The molecular weight excluding hydrogens is 435 g/mol. The van der Waals surface area contributed by atoms with Gasteiger partial charge in [-0.05, 0) is 43.6 Å². The standard InChI is InChI=1S/C24H30F3N3O3/c25-24(26,27)19-6-4-18(5-7-19)15-29-10-12-30(13-11-29)17-22-23(32)21(31)14-20(33-22)16-28-8-2-1-3-9-28/h4-7,14,32H,1-3,8-13,15-17H2. The third-order valence-electron chi connectivity index (χ3n) is 6.39. The number of benzene rings is 1. The summed E-state index contributed by atoms with van der Waals surface area (Å²) in [5, 5.41) is 10.2. The van der Waals surface area contributed by atoms with Gasteiger partial charge in [0.2, 0.25) is 11.2 Å². The predicted molar refractivity (Wildman–Crippen MR) is 118 cm³/mol. The van der Waals surface area contributed by atoms with Crippen molar-refractivity contribution in [2.24, 2.45) is 0 Å². The van der Waals surface area contributed by atoms with E-state index in [-0.39, 0.29) is 5.75 Å². The zero-order valence-electron chi connectivity index (χ0n) is 18.6. The van der Waals surface area contributed by atoms with E-state index in [2.05, 4.69) is 14.7 Å². The van der Waals surface area contributed by atoms with Gasteiger partial charge in [-0.2, -0.15) is 13.2 Å². The molecule has 2 aliphatic heterocycles. The van der Waals surface area contributed by atoms with Gasteiger partial charge in [0.05, 0.1) is 18.7 Å². The Morgan fingerprint density at radius 3 is 2.00 bits per heavy atom. The van der Waals surface area contributed by atoms with Crippen LogP contribution in [0.15, 0.2) is 39.5 Å². The Labute approximate surface area is 191 Å². The summed E-state index contributed by atoms with van der Waals surface area (Å²) in [6.45, 7) is 6.37. The third-order valence-corrected chi connectivity index (χ3v) is 6.39. The molecule has 0 unspecified atom stereocenters. The second kappa shape index (κ2) is 10.3. The van der Waals surface area contributed by atoms with Crippen LogP contribution >= 0.6 is 0 Å². The minimum atomic E-state index is -4.32. The van der Waals surface area contributed by atoms with Gasteiger partial charge >= 0.3 is 6.18 Å². The Morgan fingerprint density at radius 2 is 1.39 bits per heavy atom. The van der Waals surface area contributed by atoms with Crippen molar-refractivity contribution >= 4 is 0 Å². The zero-order chi connectivity index (χ0) is 23.4. The molecule has 0 saturated carbocycles. The molecular formula is C24H30F3N3O3. The van der Waals surface area contributed by atoms with E-state index in [1.165, 1.54) is 24.6 Å². The first-order chi connectivity index (χ1) is 15.8. The van der Waals surface area contributed by atoms with Gasteiger partial charge in [0.25, 0.3) is 0 Å². The predicted octanol–water partition coefficient (Wildman–Crippen LogP) is 3.67. The number of piperidine rings is 1. The maximum absolute atomic E-state index is 12.7. The molecule has 9 heteroatoms. The van der Waals surface area contributed by atoms with Gasteiger partial charge in [-0.3, -0.25) is 19.5 Å². The van der Waals surface area contributed by atoms with Crippen molar-refractivity contribution in [3.05, 3.63) is 63.2 Å². The molecule has 2 saturated heterocycles. The Morgan fingerprint density at radius 1 is 0.818 bits per heavy atom. The Hall–Kier alpha value is -2.36. The van der Waals surface area contributed by atoms with Gasteiger partial charge in [0, 0.05) is 38.8 Å². The lowest BCUT2D eigenvalue weighted by Crippen LogP contribution is -2.45. The van der Waals surface area contributed by atoms with Gasteiger partial charge in [-0.1, -0.05) is 18.6 Å². The van der Waals surface area contributed by atoms with E-state index < -0.39 is 17.2 Å². The minimum Gasteiger partial charge on any atom is -0.502 e. The van der Waals surface area contributed by atoms with Crippen molar-refractivity contribution < 1.29 is 22.7 Å². The number of hydrogen-bond acceptors (Lipinski definition) is 6. The molecule has 0 spiro atoms. The average Bonchev–Trinajstić information content (AvgIpc) is 2.79. The van der Waals surface area contributed by atoms with Crippen LogP contribution in [0.25, 0.3) is 0 Å². The summed E-state index contributed by atoms with van der Waals surface area (Å²) in [4.78, 5) is 18.8. The number of halogens is 3. The highest BCUT2D eigenvalue weighted by Gasteiger charge is 2.30. The zero-order valence-corrected chi connectivity index (χ0v) is 18.6. The molecule has 2 aromatic rings. The van der Waals surface area contributed by atoms with Gasteiger partial charge in [-0.15, -0.1) is 0 Å². The Kier molecular flexibility index (Phi) is 7.41. The fourth-order valence-electron chi connectivity index (χ4n) is 4.48. The number of aromatic hydroxyl groups is 1. The summed E-state index contributed by atoms with van der Waals surface area (Å²) in [5.41, 5.74) is -0.213. The summed E-state index contributed by atoms with van der Waals surface area (Å²) in [7, 11) is 0. The van der Waals surface area contributed by atoms with Crippen molar-refractivity contribution in [3.8, 4) is 5.75 Å². The second-order valence-corrected chi connectivity index (χ2v) is 8.93. The van der Waals surface area contributed by atoms with E-state index >= 15 is 0 Å². The first-order valence-corrected chi connectivity index (χ1v) is 11.5. The van der Waals surface area contributed by atoms with Crippen LogP contribution in [-0.4, -0.2) is 59.1 Å². The first-order valence-electron chi connectivity index (χ1n) is 11.5. The van der Waals surface area contributed by atoms with Crippen molar-refractivity contribution in [2.75, 3.05) is 39.3 Å². The minimum absolute atomic E-state index is 0.297. The van der Waals surface area contributed by atoms with E-state index in [9.17, 15) is 23.1 Å². The molecule has 6 nitrogen and oxygen atoms in total. The molecule has 3 heterocycles. The van der Waals surface area contributed by atoms with Crippen molar-refractivity contribution in [1.29, 1.82) is 0 Å². The van der Waals surface area contributed by atoms with Crippen molar-refractivity contribution in [3.63, 3.8) is 0 Å². The first kappa shape index (κ1) is 23.8. The van der Waals surface area contributed by atoms with Crippen LogP contribution in [0.1, 0.15) is 41.9 Å². The summed E-state index contributed by atoms with van der Waals surface area (Å²) >= 11 is 0. The highest BCUT2D eigenvalue weighted by atomic mass is 19.4. The summed E-state index contributed by atoms with van der Waals surface area (Å²) in [5.74, 6) is 0.547. The van der Waals surface area contributed by atoms with Gasteiger partial charge < -0.3 is 9.52 Å². The highest BCUT2D eigenvalue weighted by molar-refractivity contribution is 5.26. The van der Waals surface area contributed by atoms with Crippen molar-refractivity contribution in [2.45, 2.75) is 45.1 Å². The van der Waals surface area contributed by atoms with Crippen molar-refractivity contribution in [1.82, 2.24) is 14.7 Å². The van der Waals surface area contributed by atoms with Crippen LogP contribution in [0.3, 0.4) is 0 Å². The lowest BCUT2D eigenvalue weighted by Gasteiger charge is -2.34. The van der Waals surface area contributed by atoms with E-state index in [1.807, 2.05) is 0 Å². The van der Waals surface area contributed by atoms with Crippen LogP contribution in [0.4, 0.5) is 13.2 Å². The van der Waals surface area contributed by atoms with E-state index in [1.54, 1.807) is 0 Å². The lowest BCUT2D eigenvalue weighted by atomic mass is 10.1. The number of rotatable bonds is 6. The van der Waals surface area contributed by atoms with Crippen LogP contribution in [0.2, 0.25) is 0 Å². The Bertz CT molecular complexity index is 977. The second-order valence-electron chi connectivity index (χ2n) is 8.93. The molecule has 0 bridgehead atoms. The van der Waals surface area contributed by atoms with Crippen LogP contribution in [0, 0.1) is 0 Å². The van der Waals surface area contributed by atoms with Crippen LogP contribution in [-0.2, 0) is 25.8 Å². The third kappa shape index (κ3) is 6.37. The SMILES string of the molecule is O=c1cc(CN2CCCCC2)oc(CN2CCN(Cc3ccc(C(F)(F)F)cc3)CC2)c1O. The molecule has 180 valence electrons. The van der Waals surface area contributed by atoms with Gasteiger partial charge in [0.1, 0.15) is 5.76 Å². The maximum atomic E-state index is 12.7. The fraction of sp³-hybridized carbons (Fsp3) is 0.542. The fourth-order valence-corrected chi connectivity index (χ4v) is 4.48. The normalized spacial score (nSPS) is 19.1. The molecule has 0 atom stereocenters. The molecule has 1 aromatic carbocycles. The quantitative estimate of drug-likeness (QED) is 0.703. The largest absolute Gasteiger partial charge is 0.502 e. The number of alkyl halides is 3. The topological polar surface area (TPSA) is 60.2 Å².